The molecule has 200 valence electrons. The van der Waals surface area contributed by atoms with Gasteiger partial charge in [-0.25, -0.2) is 8.42 Å². The third-order valence-corrected chi connectivity index (χ3v) is 8.16. The summed E-state index contributed by atoms with van der Waals surface area (Å²) in [5.41, 5.74) is 2.36. The quantitative estimate of drug-likeness (QED) is 0.263. The number of carbonyl (C=O) groups is 2. The first kappa shape index (κ1) is 27.9. The second-order valence-electron chi connectivity index (χ2n) is 8.96. The van der Waals surface area contributed by atoms with Gasteiger partial charge in [-0.2, -0.15) is 0 Å². The number of rotatable bonds is 9. The number of para-hydroxylation sites is 1. The number of benzene rings is 4. The summed E-state index contributed by atoms with van der Waals surface area (Å²) in [6.45, 7) is 3.08. The molecule has 0 bridgehead atoms. The largest absolute Gasteiger partial charge is 0.345 e. The van der Waals surface area contributed by atoms with Crippen LogP contribution >= 0.6 is 11.6 Å². The van der Waals surface area contributed by atoms with E-state index in [-0.39, 0.29) is 33.8 Å². The number of halogens is 1. The molecule has 0 saturated heterocycles. The van der Waals surface area contributed by atoms with E-state index < -0.39 is 22.5 Å². The van der Waals surface area contributed by atoms with Crippen LogP contribution < -0.4 is 14.9 Å². The van der Waals surface area contributed by atoms with Gasteiger partial charge in [-0.05, 0) is 61.4 Å². The van der Waals surface area contributed by atoms with Gasteiger partial charge in [-0.3, -0.25) is 13.9 Å². The average molecular weight is 562 g/mol. The summed E-state index contributed by atoms with van der Waals surface area (Å²) in [4.78, 5) is 26.5. The molecular formula is C30H28ClN3O4S. The Morgan fingerprint density at radius 2 is 1.49 bits per heavy atom. The number of hydrogen-bond acceptors (Lipinski definition) is 4. The molecule has 0 unspecified atom stereocenters. The maximum atomic E-state index is 13.7. The molecular weight excluding hydrogens is 534 g/mol. The highest BCUT2D eigenvalue weighted by Gasteiger charge is 2.29. The Labute approximate surface area is 233 Å². The van der Waals surface area contributed by atoms with Crippen molar-refractivity contribution in [2.45, 2.75) is 24.8 Å². The number of aryl methyl sites for hydroxylation is 1. The second kappa shape index (κ2) is 12.1. The van der Waals surface area contributed by atoms with Gasteiger partial charge >= 0.3 is 0 Å². The molecule has 0 radical (unpaired) electrons. The van der Waals surface area contributed by atoms with Gasteiger partial charge in [0.15, 0.2) is 0 Å². The minimum Gasteiger partial charge on any atom is -0.345 e. The van der Waals surface area contributed by atoms with E-state index in [1.807, 2.05) is 37.3 Å². The van der Waals surface area contributed by atoms with Crippen molar-refractivity contribution in [3.63, 3.8) is 0 Å². The molecule has 0 aliphatic carbocycles. The molecule has 1 atom stereocenters. The van der Waals surface area contributed by atoms with E-state index in [1.165, 1.54) is 18.2 Å². The van der Waals surface area contributed by atoms with Gasteiger partial charge in [0.2, 0.25) is 5.91 Å². The summed E-state index contributed by atoms with van der Waals surface area (Å²) in [5, 5.41) is 6.00. The molecule has 0 aromatic heterocycles. The molecule has 0 aliphatic rings. The van der Waals surface area contributed by atoms with Crippen LogP contribution in [0.3, 0.4) is 0 Å². The lowest BCUT2D eigenvalue weighted by atomic mass is 10.1. The molecule has 9 heteroatoms. The summed E-state index contributed by atoms with van der Waals surface area (Å²) in [6.07, 6.45) is 0. The molecule has 0 aliphatic heterocycles. The number of carbonyl (C=O) groups excluding carboxylic acids is 2. The molecule has 4 rings (SSSR count). The Morgan fingerprint density at radius 1 is 0.872 bits per heavy atom. The fourth-order valence-electron chi connectivity index (χ4n) is 4.08. The van der Waals surface area contributed by atoms with Gasteiger partial charge in [0.1, 0.15) is 6.54 Å². The van der Waals surface area contributed by atoms with E-state index in [2.05, 4.69) is 10.6 Å². The van der Waals surface area contributed by atoms with E-state index in [9.17, 15) is 18.0 Å². The molecule has 4 aromatic carbocycles. The van der Waals surface area contributed by atoms with Crippen LogP contribution in [-0.4, -0.2) is 26.8 Å². The summed E-state index contributed by atoms with van der Waals surface area (Å²) in [5.74, 6) is -0.994. The number of anilines is 2. The zero-order valence-corrected chi connectivity index (χ0v) is 23.0. The van der Waals surface area contributed by atoms with Gasteiger partial charge in [-0.1, -0.05) is 78.3 Å². The second-order valence-corrected chi connectivity index (χ2v) is 11.3. The van der Waals surface area contributed by atoms with E-state index in [0.29, 0.717) is 10.6 Å². The molecule has 0 spiro atoms. The highest BCUT2D eigenvalue weighted by atomic mass is 35.5. The van der Waals surface area contributed by atoms with Gasteiger partial charge in [-0.15, -0.1) is 0 Å². The molecule has 2 N–H and O–H groups in total. The van der Waals surface area contributed by atoms with Crippen LogP contribution in [0.4, 0.5) is 11.4 Å². The molecule has 39 heavy (non-hydrogen) atoms. The van der Waals surface area contributed by atoms with Crippen LogP contribution in [0.1, 0.15) is 34.5 Å². The summed E-state index contributed by atoms with van der Waals surface area (Å²) >= 11 is 6.20. The van der Waals surface area contributed by atoms with Crippen LogP contribution in [0.5, 0.6) is 0 Å². The van der Waals surface area contributed by atoms with Gasteiger partial charge in [0.05, 0.1) is 27.9 Å². The Kier molecular flexibility index (Phi) is 8.69. The number of nitrogens with one attached hydrogen (secondary N) is 2. The first-order valence-electron chi connectivity index (χ1n) is 12.3. The molecule has 0 heterocycles. The highest BCUT2D eigenvalue weighted by Crippen LogP contribution is 2.29. The molecule has 2 amide bonds. The fourth-order valence-corrected chi connectivity index (χ4v) is 5.75. The zero-order valence-electron chi connectivity index (χ0n) is 21.5. The number of hydrogen-bond donors (Lipinski definition) is 2. The smallest absolute Gasteiger partial charge is 0.264 e. The van der Waals surface area contributed by atoms with Crippen LogP contribution in [0.15, 0.2) is 108 Å². The van der Waals surface area contributed by atoms with Crippen LogP contribution in [0.2, 0.25) is 5.02 Å². The lowest BCUT2D eigenvalue weighted by Crippen LogP contribution is -2.39. The predicted molar refractivity (Wildman–Crippen MR) is 155 cm³/mol. The maximum absolute atomic E-state index is 13.7. The van der Waals surface area contributed by atoms with Crippen molar-refractivity contribution in [2.75, 3.05) is 16.2 Å². The standard InChI is InChI=1S/C30H28ClN3O4S/c1-21-17-18-24(31)19-28(21)34(39(37,38)25-13-7-4-8-14-25)20-29(35)33-27-16-10-9-15-26(27)30(36)32-22(2)23-11-5-3-6-12-23/h3-19,22H,20H2,1-2H3,(H,32,36)(H,33,35)/t22-/m0/s1. The predicted octanol–water partition coefficient (Wildman–Crippen LogP) is 5.97. The number of sulfonamides is 1. The Morgan fingerprint density at radius 3 is 2.18 bits per heavy atom. The molecule has 7 nitrogen and oxygen atoms in total. The average Bonchev–Trinajstić information content (AvgIpc) is 2.94. The van der Waals surface area contributed by atoms with E-state index >= 15 is 0 Å². The third-order valence-electron chi connectivity index (χ3n) is 6.15. The topological polar surface area (TPSA) is 95.6 Å². The number of nitrogens with zero attached hydrogens (tertiary/aromatic N) is 1. The van der Waals surface area contributed by atoms with E-state index in [4.69, 9.17) is 11.6 Å². The minimum absolute atomic E-state index is 0.0341. The summed E-state index contributed by atoms with van der Waals surface area (Å²) in [6, 6.07) is 28.5. The monoisotopic (exact) mass is 561 g/mol. The van der Waals surface area contributed by atoms with Crippen LogP contribution in [-0.2, 0) is 14.8 Å². The Balaban J connectivity index is 1.60. The lowest BCUT2D eigenvalue weighted by molar-refractivity contribution is -0.114. The fraction of sp³-hybridized carbons (Fsp3) is 0.133. The van der Waals surface area contributed by atoms with Gasteiger partial charge in [0, 0.05) is 5.02 Å². The normalized spacial score (nSPS) is 11.9. The summed E-state index contributed by atoms with van der Waals surface area (Å²) < 4.78 is 28.3. The minimum atomic E-state index is -4.12. The van der Waals surface area contributed by atoms with Crippen molar-refractivity contribution in [1.29, 1.82) is 0 Å². The molecule has 4 aromatic rings. The van der Waals surface area contributed by atoms with Crippen molar-refractivity contribution >= 4 is 44.8 Å². The summed E-state index contributed by atoms with van der Waals surface area (Å²) in [7, 11) is -4.12. The molecule has 0 fully saturated rings. The van der Waals surface area contributed by atoms with Gasteiger partial charge < -0.3 is 10.6 Å². The van der Waals surface area contributed by atoms with Crippen molar-refractivity contribution in [3.05, 3.63) is 125 Å². The van der Waals surface area contributed by atoms with Crippen LogP contribution in [0.25, 0.3) is 0 Å². The van der Waals surface area contributed by atoms with Crippen LogP contribution in [0, 0.1) is 6.92 Å². The van der Waals surface area contributed by atoms with E-state index in [0.717, 1.165) is 9.87 Å². The van der Waals surface area contributed by atoms with Crippen molar-refractivity contribution in [3.8, 4) is 0 Å². The first-order valence-corrected chi connectivity index (χ1v) is 14.1. The first-order chi connectivity index (χ1) is 18.7. The van der Waals surface area contributed by atoms with Crippen molar-refractivity contribution in [2.24, 2.45) is 0 Å². The highest BCUT2D eigenvalue weighted by molar-refractivity contribution is 7.92. The maximum Gasteiger partial charge on any atom is 0.264 e. The molecule has 0 saturated carbocycles. The lowest BCUT2D eigenvalue weighted by Gasteiger charge is -2.26. The third kappa shape index (κ3) is 6.66. The number of amides is 2. The van der Waals surface area contributed by atoms with Crippen molar-refractivity contribution in [1.82, 2.24) is 5.32 Å². The van der Waals surface area contributed by atoms with Crippen molar-refractivity contribution < 1.29 is 18.0 Å². The SMILES string of the molecule is Cc1ccc(Cl)cc1N(CC(=O)Nc1ccccc1C(=O)N[C@@H](C)c1ccccc1)S(=O)(=O)c1ccccc1. The zero-order chi connectivity index (χ0) is 28.0. The Bertz CT molecular complexity index is 1580. The Hall–Kier alpha value is -4.14. The van der Waals surface area contributed by atoms with E-state index in [1.54, 1.807) is 61.5 Å². The van der Waals surface area contributed by atoms with Gasteiger partial charge in [0.25, 0.3) is 15.9 Å².